The zero-order valence-corrected chi connectivity index (χ0v) is 15.3. The lowest BCUT2D eigenvalue weighted by Gasteiger charge is -2.29. The number of likely N-dealkylation sites (N-methyl/N-ethyl adjacent to an activating group) is 1. The van der Waals surface area contributed by atoms with Crippen LogP contribution < -0.4 is 15.8 Å². The van der Waals surface area contributed by atoms with Gasteiger partial charge in [0.1, 0.15) is 5.75 Å². The van der Waals surface area contributed by atoms with E-state index in [9.17, 15) is 0 Å². The van der Waals surface area contributed by atoms with Gasteiger partial charge in [0.25, 0.3) is 0 Å². The van der Waals surface area contributed by atoms with Crippen molar-refractivity contribution in [1.82, 2.24) is 4.90 Å². The van der Waals surface area contributed by atoms with Crippen LogP contribution in [0.15, 0.2) is 59.6 Å². The van der Waals surface area contributed by atoms with Crippen LogP contribution >= 0.6 is 0 Å². The number of aliphatic imine (C=N–C) groups is 1. The number of methoxy groups -OCH3 is 1. The normalized spacial score (nSPS) is 12.9. The summed E-state index contributed by atoms with van der Waals surface area (Å²) in [6.07, 6.45) is 0. The second kappa shape index (κ2) is 9.69. The molecule has 0 heterocycles. The van der Waals surface area contributed by atoms with Gasteiger partial charge >= 0.3 is 0 Å². The summed E-state index contributed by atoms with van der Waals surface area (Å²) < 4.78 is 5.37. The van der Waals surface area contributed by atoms with E-state index in [1.807, 2.05) is 42.5 Å². The average Bonchev–Trinajstić information content (AvgIpc) is 2.66. The molecule has 0 radical (unpaired) electrons. The molecule has 5 nitrogen and oxygen atoms in total. The Kier molecular flexibility index (Phi) is 7.29. The minimum atomic E-state index is 0.154. The van der Waals surface area contributed by atoms with Crippen molar-refractivity contribution in [2.24, 2.45) is 10.7 Å². The quantitative estimate of drug-likeness (QED) is 0.570. The van der Waals surface area contributed by atoms with Gasteiger partial charge in [0, 0.05) is 5.69 Å². The van der Waals surface area contributed by atoms with Crippen LogP contribution in [0.1, 0.15) is 25.5 Å². The second-order valence-electron chi connectivity index (χ2n) is 5.73. The molecule has 2 rings (SSSR count). The van der Waals surface area contributed by atoms with Gasteiger partial charge in [0.05, 0.1) is 19.7 Å². The smallest absolute Gasteiger partial charge is 0.193 e. The Morgan fingerprint density at radius 1 is 1.12 bits per heavy atom. The highest BCUT2D eigenvalue weighted by molar-refractivity contribution is 5.92. The van der Waals surface area contributed by atoms with Crippen LogP contribution in [-0.4, -0.2) is 37.6 Å². The molecule has 0 spiro atoms. The van der Waals surface area contributed by atoms with Crippen LogP contribution in [0, 0.1) is 0 Å². The molecular weight excluding hydrogens is 312 g/mol. The van der Waals surface area contributed by atoms with Crippen molar-refractivity contribution in [2.45, 2.75) is 19.9 Å². The summed E-state index contributed by atoms with van der Waals surface area (Å²) in [5.74, 6) is 1.28. The lowest BCUT2D eigenvalue weighted by molar-refractivity contribution is 0.224. The largest absolute Gasteiger partial charge is 0.497 e. The Labute approximate surface area is 150 Å². The van der Waals surface area contributed by atoms with Crippen LogP contribution in [0.3, 0.4) is 0 Å². The van der Waals surface area contributed by atoms with Crippen molar-refractivity contribution < 1.29 is 4.74 Å². The van der Waals surface area contributed by atoms with E-state index in [4.69, 9.17) is 10.5 Å². The molecule has 2 aromatic carbocycles. The number of anilines is 1. The Morgan fingerprint density at radius 2 is 1.84 bits per heavy atom. The van der Waals surface area contributed by atoms with E-state index in [1.165, 1.54) is 5.56 Å². The predicted molar refractivity (Wildman–Crippen MR) is 105 cm³/mol. The highest BCUT2D eigenvalue weighted by atomic mass is 16.5. The lowest BCUT2D eigenvalue weighted by atomic mass is 10.0. The van der Waals surface area contributed by atoms with Gasteiger partial charge in [-0.15, -0.1) is 0 Å². The first kappa shape index (κ1) is 18.8. The number of nitrogens with two attached hydrogens (primary N) is 1. The van der Waals surface area contributed by atoms with Crippen molar-refractivity contribution in [3.8, 4) is 5.75 Å². The number of benzene rings is 2. The van der Waals surface area contributed by atoms with Gasteiger partial charge in [-0.25, -0.2) is 0 Å². The lowest BCUT2D eigenvalue weighted by Crippen LogP contribution is -2.32. The van der Waals surface area contributed by atoms with E-state index in [-0.39, 0.29) is 6.04 Å². The monoisotopic (exact) mass is 340 g/mol. The molecule has 0 aliphatic heterocycles. The number of para-hydroxylation sites is 1. The number of rotatable bonds is 8. The van der Waals surface area contributed by atoms with E-state index >= 15 is 0 Å². The first-order chi connectivity index (χ1) is 12.2. The average molecular weight is 340 g/mol. The number of nitrogens with one attached hydrogen (secondary N) is 1. The molecule has 0 aliphatic carbocycles. The molecule has 0 amide bonds. The van der Waals surface area contributed by atoms with Crippen LogP contribution in [-0.2, 0) is 0 Å². The van der Waals surface area contributed by atoms with Gasteiger partial charge in [-0.3, -0.25) is 9.89 Å². The number of nitrogens with zero attached hydrogens (tertiary/aromatic N) is 2. The van der Waals surface area contributed by atoms with Gasteiger partial charge in [-0.05, 0) is 42.9 Å². The summed E-state index contributed by atoms with van der Waals surface area (Å²) in [7, 11) is 1.69. The molecule has 0 fully saturated rings. The molecule has 2 aromatic rings. The minimum absolute atomic E-state index is 0.154. The fourth-order valence-electron chi connectivity index (χ4n) is 2.84. The Hall–Kier alpha value is -2.53. The molecule has 1 unspecified atom stereocenters. The van der Waals surface area contributed by atoms with Crippen LogP contribution in [0.2, 0.25) is 0 Å². The molecule has 134 valence electrons. The fraction of sp³-hybridized carbons (Fsp3) is 0.350. The Balaban J connectivity index is 2.16. The summed E-state index contributed by atoms with van der Waals surface area (Å²) >= 11 is 0. The second-order valence-corrected chi connectivity index (χ2v) is 5.73. The maximum atomic E-state index is 6.07. The molecule has 0 aliphatic rings. The van der Waals surface area contributed by atoms with Crippen molar-refractivity contribution >= 4 is 11.6 Å². The highest BCUT2D eigenvalue weighted by Crippen LogP contribution is 2.24. The van der Waals surface area contributed by atoms with E-state index < -0.39 is 0 Å². The molecule has 1 atom stereocenters. The maximum Gasteiger partial charge on any atom is 0.193 e. The Morgan fingerprint density at radius 3 is 2.48 bits per heavy atom. The summed E-state index contributed by atoms with van der Waals surface area (Å²) in [4.78, 5) is 6.94. The maximum absolute atomic E-state index is 6.07. The first-order valence-electron chi connectivity index (χ1n) is 8.67. The number of hydrogen-bond acceptors (Lipinski definition) is 3. The first-order valence-corrected chi connectivity index (χ1v) is 8.67. The highest BCUT2D eigenvalue weighted by Gasteiger charge is 2.18. The van der Waals surface area contributed by atoms with Crippen molar-refractivity contribution in [2.75, 3.05) is 32.1 Å². The van der Waals surface area contributed by atoms with E-state index in [1.54, 1.807) is 7.11 Å². The van der Waals surface area contributed by atoms with Gasteiger partial charge in [0.15, 0.2) is 5.96 Å². The molecular formula is C20H28N4O. The van der Waals surface area contributed by atoms with Crippen LogP contribution in [0.25, 0.3) is 0 Å². The summed E-state index contributed by atoms with van der Waals surface area (Å²) in [5.41, 5.74) is 8.18. The summed E-state index contributed by atoms with van der Waals surface area (Å²) in [6.45, 7) is 6.79. The molecule has 0 aromatic heterocycles. The molecule has 3 N–H and O–H groups in total. The third-order valence-electron chi connectivity index (χ3n) is 4.21. The minimum Gasteiger partial charge on any atom is -0.497 e. The Bertz CT molecular complexity index is 668. The number of guanidine groups is 1. The fourth-order valence-corrected chi connectivity index (χ4v) is 2.84. The molecule has 5 heteroatoms. The number of hydrogen-bond donors (Lipinski definition) is 2. The predicted octanol–water partition coefficient (Wildman–Crippen LogP) is 3.50. The third-order valence-corrected chi connectivity index (χ3v) is 4.21. The van der Waals surface area contributed by atoms with Crippen molar-refractivity contribution in [3.63, 3.8) is 0 Å². The third kappa shape index (κ3) is 5.50. The standard InChI is InChI=1S/C20H28N4O/c1-4-24(5-2)19(16-10-9-13-18(14-16)25-3)15-22-20(21)23-17-11-7-6-8-12-17/h6-14,19H,4-5,15H2,1-3H3,(H3,21,22,23). The van der Waals surface area contributed by atoms with Gasteiger partial charge in [0.2, 0.25) is 0 Å². The zero-order chi connectivity index (χ0) is 18.1. The number of ether oxygens (including phenoxy) is 1. The summed E-state index contributed by atoms with van der Waals surface area (Å²) in [5, 5.41) is 3.13. The van der Waals surface area contributed by atoms with Crippen LogP contribution in [0.5, 0.6) is 5.75 Å². The molecule has 0 saturated carbocycles. The molecule has 25 heavy (non-hydrogen) atoms. The zero-order valence-electron chi connectivity index (χ0n) is 15.3. The summed E-state index contributed by atoms with van der Waals surface area (Å²) in [6, 6.07) is 18.1. The van der Waals surface area contributed by atoms with E-state index in [0.29, 0.717) is 12.5 Å². The van der Waals surface area contributed by atoms with Crippen molar-refractivity contribution in [1.29, 1.82) is 0 Å². The molecule has 0 saturated heterocycles. The van der Waals surface area contributed by atoms with E-state index in [0.717, 1.165) is 24.5 Å². The van der Waals surface area contributed by atoms with E-state index in [2.05, 4.69) is 41.2 Å². The van der Waals surface area contributed by atoms with Gasteiger partial charge in [-0.2, -0.15) is 0 Å². The van der Waals surface area contributed by atoms with Crippen LogP contribution in [0.4, 0.5) is 5.69 Å². The van der Waals surface area contributed by atoms with Gasteiger partial charge < -0.3 is 15.8 Å². The van der Waals surface area contributed by atoms with Gasteiger partial charge in [-0.1, -0.05) is 44.2 Å². The van der Waals surface area contributed by atoms with Crippen molar-refractivity contribution in [3.05, 3.63) is 60.2 Å². The topological polar surface area (TPSA) is 62.9 Å². The SMILES string of the molecule is CCN(CC)C(CN=C(N)Nc1ccccc1)c1cccc(OC)c1. The molecule has 0 bridgehead atoms.